The molecule has 4 rings (SSSR count). The Labute approximate surface area is 275 Å². The van der Waals surface area contributed by atoms with Crippen LogP contribution in [0.2, 0.25) is 0 Å². The Hall–Kier alpha value is -4.41. The van der Waals surface area contributed by atoms with Crippen LogP contribution < -0.4 is 11.1 Å². The Kier molecular flexibility index (Phi) is 12.8. The molecule has 0 saturated heterocycles. The number of imidazole rings is 1. The number of benzene rings is 3. The lowest BCUT2D eigenvalue weighted by Gasteiger charge is -2.25. The van der Waals surface area contributed by atoms with Crippen molar-refractivity contribution in [2.75, 3.05) is 19.6 Å². The van der Waals surface area contributed by atoms with E-state index < -0.39 is 29.7 Å². The predicted octanol–water partition coefficient (Wildman–Crippen LogP) is 6.08. The molecule has 0 unspecified atom stereocenters. The van der Waals surface area contributed by atoms with Crippen molar-refractivity contribution in [2.45, 2.75) is 65.1 Å². The molecule has 0 aliphatic heterocycles. The number of ether oxygens (including phenoxy) is 1. The van der Waals surface area contributed by atoms with E-state index in [1.54, 1.807) is 35.5 Å². The third-order valence-corrected chi connectivity index (χ3v) is 7.97. The zero-order chi connectivity index (χ0) is 33.9. The zero-order valence-electron chi connectivity index (χ0n) is 27.6. The summed E-state index contributed by atoms with van der Waals surface area (Å²) in [5.74, 6) is -1.69. The maximum absolute atomic E-state index is 14.0. The molecule has 0 radical (unpaired) electrons. The number of rotatable bonds is 16. The molecule has 0 aliphatic rings. The van der Waals surface area contributed by atoms with Gasteiger partial charge in [-0.3, -0.25) is 4.79 Å². The van der Waals surface area contributed by atoms with E-state index in [1.807, 2.05) is 37.6 Å². The number of hydrogen-bond donors (Lipinski definition) is 2. The van der Waals surface area contributed by atoms with Gasteiger partial charge in [0.1, 0.15) is 23.6 Å². The molecule has 0 bridgehead atoms. The lowest BCUT2D eigenvalue weighted by Crippen LogP contribution is -2.46. The smallest absolute Gasteiger partial charge is 0.338 e. The number of aryl methyl sites for hydroxylation is 2. The molecule has 250 valence electrons. The maximum atomic E-state index is 14.0. The molecule has 3 aromatic carbocycles. The first-order chi connectivity index (χ1) is 22.6. The van der Waals surface area contributed by atoms with E-state index in [4.69, 9.17) is 10.5 Å². The Morgan fingerprint density at radius 2 is 1.62 bits per heavy atom. The first kappa shape index (κ1) is 35.4. The van der Waals surface area contributed by atoms with Crippen molar-refractivity contribution in [3.63, 3.8) is 0 Å². The third kappa shape index (κ3) is 9.79. The van der Waals surface area contributed by atoms with Crippen LogP contribution in [0, 0.1) is 11.6 Å². The molecule has 4 aromatic rings. The molecule has 8 nitrogen and oxygen atoms in total. The van der Waals surface area contributed by atoms with Gasteiger partial charge in [-0.15, -0.1) is 0 Å². The Morgan fingerprint density at radius 1 is 0.936 bits per heavy atom. The van der Waals surface area contributed by atoms with Crippen LogP contribution in [0.25, 0.3) is 11.4 Å². The Balaban J connectivity index is 1.64. The van der Waals surface area contributed by atoms with Crippen molar-refractivity contribution in [2.24, 2.45) is 12.8 Å². The number of nitrogens with zero attached hydrogens (tertiary/aromatic N) is 3. The van der Waals surface area contributed by atoms with Gasteiger partial charge in [-0.2, -0.15) is 0 Å². The summed E-state index contributed by atoms with van der Waals surface area (Å²) >= 11 is 0. The number of hydrogen-bond acceptors (Lipinski definition) is 6. The van der Waals surface area contributed by atoms with Gasteiger partial charge in [0.15, 0.2) is 0 Å². The number of nitrogens with two attached hydrogens (primary N) is 1. The molecule has 0 aliphatic carbocycles. The maximum Gasteiger partial charge on any atom is 0.338 e. The van der Waals surface area contributed by atoms with E-state index in [0.717, 1.165) is 30.9 Å². The topological polar surface area (TPSA) is 102 Å². The van der Waals surface area contributed by atoms with Gasteiger partial charge in [0.05, 0.1) is 5.56 Å². The molecule has 2 atom stereocenters. The first-order valence-corrected chi connectivity index (χ1v) is 16.2. The van der Waals surface area contributed by atoms with E-state index in [0.29, 0.717) is 42.1 Å². The van der Waals surface area contributed by atoms with Gasteiger partial charge in [0, 0.05) is 68.9 Å². The number of halogens is 2. The monoisotopic (exact) mass is 645 g/mol. The van der Waals surface area contributed by atoms with Crippen molar-refractivity contribution in [1.82, 2.24) is 19.8 Å². The number of esters is 1. The summed E-state index contributed by atoms with van der Waals surface area (Å²) in [5, 5.41) is 3.33. The molecule has 1 aromatic heterocycles. The second-order valence-corrected chi connectivity index (χ2v) is 11.8. The molecule has 0 saturated carbocycles. The van der Waals surface area contributed by atoms with Gasteiger partial charge < -0.3 is 25.3 Å². The minimum Gasteiger partial charge on any atom is -0.456 e. The van der Waals surface area contributed by atoms with Crippen LogP contribution in [0.1, 0.15) is 71.0 Å². The minimum atomic E-state index is -0.865. The van der Waals surface area contributed by atoms with Gasteiger partial charge in [-0.25, -0.2) is 18.6 Å². The number of carbonyl (C=O) groups excluding carboxylic acids is 2. The molecule has 0 spiro atoms. The minimum absolute atomic E-state index is 0.0691. The molecule has 0 fully saturated rings. The summed E-state index contributed by atoms with van der Waals surface area (Å²) in [4.78, 5) is 33.7. The van der Waals surface area contributed by atoms with Crippen molar-refractivity contribution < 1.29 is 23.1 Å². The van der Waals surface area contributed by atoms with Crippen LogP contribution in [0.4, 0.5) is 8.78 Å². The fourth-order valence-electron chi connectivity index (χ4n) is 5.62. The molecule has 1 heterocycles. The van der Waals surface area contributed by atoms with Gasteiger partial charge in [0.2, 0.25) is 0 Å². The highest BCUT2D eigenvalue weighted by molar-refractivity contribution is 5.99. The van der Waals surface area contributed by atoms with E-state index >= 15 is 0 Å². The second kappa shape index (κ2) is 16.9. The highest BCUT2D eigenvalue weighted by atomic mass is 19.1. The number of nitrogens with one attached hydrogen (secondary N) is 1. The van der Waals surface area contributed by atoms with Crippen molar-refractivity contribution in [3.8, 4) is 11.4 Å². The normalized spacial score (nSPS) is 12.5. The van der Waals surface area contributed by atoms with Crippen molar-refractivity contribution in [1.29, 1.82) is 0 Å². The van der Waals surface area contributed by atoms with Crippen LogP contribution >= 0.6 is 0 Å². The number of amides is 1. The van der Waals surface area contributed by atoms with Crippen LogP contribution in [-0.4, -0.2) is 58.1 Å². The molecule has 1 amide bonds. The van der Waals surface area contributed by atoms with Crippen molar-refractivity contribution in [3.05, 3.63) is 113 Å². The summed E-state index contributed by atoms with van der Waals surface area (Å²) in [6.45, 7) is 7.97. The van der Waals surface area contributed by atoms with Gasteiger partial charge >= 0.3 is 5.97 Å². The van der Waals surface area contributed by atoms with E-state index in [1.165, 1.54) is 17.7 Å². The third-order valence-electron chi connectivity index (χ3n) is 7.97. The largest absolute Gasteiger partial charge is 0.456 e. The average Bonchev–Trinajstić information content (AvgIpc) is 3.48. The highest BCUT2D eigenvalue weighted by Gasteiger charge is 2.26. The predicted molar refractivity (Wildman–Crippen MR) is 180 cm³/mol. The quantitative estimate of drug-likeness (QED) is 0.143. The molecule has 3 N–H and O–H groups in total. The number of carbonyl (C=O) groups is 2. The van der Waals surface area contributed by atoms with Crippen LogP contribution in [0.15, 0.2) is 73.1 Å². The first-order valence-electron chi connectivity index (χ1n) is 16.2. The van der Waals surface area contributed by atoms with E-state index in [9.17, 15) is 18.4 Å². The van der Waals surface area contributed by atoms with Gasteiger partial charge in [0.25, 0.3) is 5.91 Å². The summed E-state index contributed by atoms with van der Waals surface area (Å²) < 4.78 is 35.8. The lowest BCUT2D eigenvalue weighted by atomic mass is 10.0. The van der Waals surface area contributed by atoms with E-state index in [-0.39, 0.29) is 24.4 Å². The average molecular weight is 646 g/mol. The van der Waals surface area contributed by atoms with Crippen molar-refractivity contribution >= 4 is 11.9 Å². The number of aromatic nitrogens is 2. The Bertz CT molecular complexity index is 1630. The van der Waals surface area contributed by atoms with Gasteiger partial charge in [-0.1, -0.05) is 45.0 Å². The lowest BCUT2D eigenvalue weighted by molar-refractivity contribution is 0.0238. The Morgan fingerprint density at radius 3 is 2.26 bits per heavy atom. The summed E-state index contributed by atoms with van der Waals surface area (Å²) in [6, 6.07) is 15.5. The second-order valence-electron chi connectivity index (χ2n) is 11.8. The fraction of sp³-hybridized carbons (Fsp3) is 0.378. The molecular weight excluding hydrogens is 600 g/mol. The fourth-order valence-corrected chi connectivity index (χ4v) is 5.62. The van der Waals surface area contributed by atoms with Crippen LogP contribution in [0.5, 0.6) is 0 Å². The van der Waals surface area contributed by atoms with Crippen LogP contribution in [0.3, 0.4) is 0 Å². The molecule has 47 heavy (non-hydrogen) atoms. The van der Waals surface area contributed by atoms with Crippen LogP contribution in [-0.2, 0) is 31.2 Å². The van der Waals surface area contributed by atoms with Gasteiger partial charge in [-0.05, 0) is 72.7 Å². The molecule has 10 heteroatoms. The zero-order valence-corrected chi connectivity index (χ0v) is 27.6. The summed E-state index contributed by atoms with van der Waals surface area (Å²) in [7, 11) is 1.83. The standard InChI is InChI=1S/C37H45F2N5O3/c1-5-12-44(13-6-2)36(45)29-19-28(35-42-11-14-43(35)4)20-30(21-29)37(46)47-34(24-41-23-26-10-8-9-25(7-3)15-26)33(40)18-27-16-31(38)22-32(39)17-27/h8-11,14-17,19-22,33-34,41H,5-7,12-13,18,23-24,40H2,1-4H3/t33-,34+/m0/s1. The highest BCUT2D eigenvalue weighted by Crippen LogP contribution is 2.24. The SMILES string of the molecule is CCCN(CCC)C(=O)c1cc(C(=O)O[C@H](CNCc2cccc(CC)c2)[C@@H](N)Cc2cc(F)cc(F)c2)cc(-c2nccn2C)c1. The molecular formula is C37H45F2N5O3. The van der Waals surface area contributed by atoms with E-state index in [2.05, 4.69) is 29.4 Å². The summed E-state index contributed by atoms with van der Waals surface area (Å²) in [6.07, 6.45) is 5.13. The summed E-state index contributed by atoms with van der Waals surface area (Å²) in [5.41, 5.74) is 10.3.